The Labute approximate surface area is 157 Å². The molecule has 9 heteroatoms. The molecule has 1 aliphatic rings. The Kier molecular flexibility index (Phi) is 5.62. The van der Waals surface area contributed by atoms with Crippen molar-refractivity contribution in [3.05, 3.63) is 54.3 Å². The summed E-state index contributed by atoms with van der Waals surface area (Å²) < 4.78 is 45.0. The van der Waals surface area contributed by atoms with E-state index < -0.39 is 15.8 Å². The van der Waals surface area contributed by atoms with E-state index in [1.165, 1.54) is 46.6 Å². The SMILES string of the molecule is COc1ccc(S(=O)(=O)N2CCN(C(=O)Nc3cccc(F)c3)CC2)cc1. The summed E-state index contributed by atoms with van der Waals surface area (Å²) in [5.74, 6) is 0.135. The van der Waals surface area contributed by atoms with Crippen LogP contribution in [0.15, 0.2) is 53.4 Å². The lowest BCUT2D eigenvalue weighted by atomic mass is 10.3. The van der Waals surface area contributed by atoms with Gasteiger partial charge in [0.05, 0.1) is 12.0 Å². The highest BCUT2D eigenvalue weighted by Crippen LogP contribution is 2.21. The first-order chi connectivity index (χ1) is 12.9. The number of carbonyl (C=O) groups excluding carboxylic acids is 1. The number of urea groups is 1. The minimum atomic E-state index is -3.63. The second kappa shape index (κ2) is 7.93. The van der Waals surface area contributed by atoms with Gasteiger partial charge in [0.15, 0.2) is 0 Å². The van der Waals surface area contributed by atoms with E-state index in [0.717, 1.165) is 0 Å². The van der Waals surface area contributed by atoms with Crippen LogP contribution in [0.5, 0.6) is 5.75 Å². The van der Waals surface area contributed by atoms with Crippen LogP contribution in [-0.2, 0) is 10.0 Å². The van der Waals surface area contributed by atoms with Gasteiger partial charge in [-0.1, -0.05) is 6.07 Å². The van der Waals surface area contributed by atoms with E-state index in [1.807, 2.05) is 0 Å². The molecule has 3 rings (SSSR count). The Morgan fingerprint density at radius 2 is 1.74 bits per heavy atom. The number of ether oxygens (including phenoxy) is 1. The van der Waals surface area contributed by atoms with Crippen molar-refractivity contribution in [1.82, 2.24) is 9.21 Å². The van der Waals surface area contributed by atoms with Gasteiger partial charge in [-0.2, -0.15) is 4.31 Å². The number of benzene rings is 2. The van der Waals surface area contributed by atoms with Crippen molar-refractivity contribution in [2.24, 2.45) is 0 Å². The van der Waals surface area contributed by atoms with Gasteiger partial charge in [0.2, 0.25) is 10.0 Å². The predicted molar refractivity (Wildman–Crippen MR) is 98.7 cm³/mol. The van der Waals surface area contributed by atoms with E-state index in [-0.39, 0.29) is 37.1 Å². The Balaban J connectivity index is 1.61. The average Bonchev–Trinajstić information content (AvgIpc) is 2.68. The average molecular weight is 393 g/mol. The number of methoxy groups -OCH3 is 1. The third-order valence-corrected chi connectivity index (χ3v) is 6.21. The van der Waals surface area contributed by atoms with E-state index in [2.05, 4.69) is 5.32 Å². The molecule has 0 bridgehead atoms. The highest BCUT2D eigenvalue weighted by atomic mass is 32.2. The molecule has 2 aromatic rings. The van der Waals surface area contributed by atoms with Gasteiger partial charge >= 0.3 is 6.03 Å². The molecule has 1 aliphatic heterocycles. The molecule has 0 saturated carbocycles. The molecule has 2 amide bonds. The number of sulfonamides is 1. The first-order valence-electron chi connectivity index (χ1n) is 8.36. The van der Waals surface area contributed by atoms with Crippen LogP contribution in [-0.4, -0.2) is 56.9 Å². The minimum absolute atomic E-state index is 0.181. The monoisotopic (exact) mass is 393 g/mol. The number of hydrogen-bond acceptors (Lipinski definition) is 4. The molecule has 0 aliphatic carbocycles. The van der Waals surface area contributed by atoms with Crippen LogP contribution in [0, 0.1) is 5.82 Å². The quantitative estimate of drug-likeness (QED) is 0.865. The Bertz CT molecular complexity index is 910. The summed E-state index contributed by atoms with van der Waals surface area (Å²) in [7, 11) is -2.12. The second-order valence-electron chi connectivity index (χ2n) is 6.01. The van der Waals surface area contributed by atoms with Gasteiger partial charge in [-0.05, 0) is 42.5 Å². The third kappa shape index (κ3) is 4.37. The second-order valence-corrected chi connectivity index (χ2v) is 7.95. The number of amides is 2. The number of nitrogens with zero attached hydrogens (tertiary/aromatic N) is 2. The van der Waals surface area contributed by atoms with E-state index in [1.54, 1.807) is 18.2 Å². The summed E-state index contributed by atoms with van der Waals surface area (Å²) in [6.07, 6.45) is 0. The van der Waals surface area contributed by atoms with Gasteiger partial charge in [-0.15, -0.1) is 0 Å². The molecular formula is C18H20FN3O4S. The minimum Gasteiger partial charge on any atom is -0.497 e. The Morgan fingerprint density at radius 1 is 1.07 bits per heavy atom. The summed E-state index contributed by atoms with van der Waals surface area (Å²) in [4.78, 5) is 14.0. The summed E-state index contributed by atoms with van der Waals surface area (Å²) in [6.45, 7) is 0.864. The molecule has 1 N–H and O–H groups in total. The lowest BCUT2D eigenvalue weighted by Crippen LogP contribution is -2.51. The maximum Gasteiger partial charge on any atom is 0.321 e. The van der Waals surface area contributed by atoms with E-state index in [9.17, 15) is 17.6 Å². The standard InChI is InChI=1S/C18H20FN3O4S/c1-26-16-5-7-17(8-6-16)27(24,25)22-11-9-21(10-12-22)18(23)20-15-4-2-3-14(19)13-15/h2-8,13H,9-12H2,1H3,(H,20,23). The van der Waals surface area contributed by atoms with Crippen molar-refractivity contribution in [3.63, 3.8) is 0 Å². The van der Waals surface area contributed by atoms with Crippen molar-refractivity contribution >= 4 is 21.7 Å². The molecule has 0 spiro atoms. The Morgan fingerprint density at radius 3 is 2.33 bits per heavy atom. The molecule has 0 aromatic heterocycles. The fraction of sp³-hybridized carbons (Fsp3) is 0.278. The molecule has 0 unspecified atom stereocenters. The predicted octanol–water partition coefficient (Wildman–Crippen LogP) is 2.37. The molecule has 144 valence electrons. The number of rotatable bonds is 4. The number of piperazine rings is 1. The Hall–Kier alpha value is -2.65. The lowest BCUT2D eigenvalue weighted by molar-refractivity contribution is 0.184. The van der Waals surface area contributed by atoms with E-state index in [4.69, 9.17) is 4.74 Å². The first-order valence-corrected chi connectivity index (χ1v) is 9.80. The van der Waals surface area contributed by atoms with Crippen molar-refractivity contribution in [2.45, 2.75) is 4.90 Å². The molecular weight excluding hydrogens is 373 g/mol. The van der Waals surface area contributed by atoms with Crippen LogP contribution in [0.1, 0.15) is 0 Å². The maximum atomic E-state index is 13.2. The highest BCUT2D eigenvalue weighted by molar-refractivity contribution is 7.89. The van der Waals surface area contributed by atoms with Gasteiger partial charge in [-0.3, -0.25) is 0 Å². The normalized spacial score (nSPS) is 15.4. The molecule has 0 radical (unpaired) electrons. The molecule has 1 saturated heterocycles. The molecule has 27 heavy (non-hydrogen) atoms. The summed E-state index contributed by atoms with van der Waals surface area (Å²) >= 11 is 0. The molecule has 7 nitrogen and oxygen atoms in total. The van der Waals surface area contributed by atoms with Gasteiger partial charge in [0, 0.05) is 31.9 Å². The fourth-order valence-corrected chi connectivity index (χ4v) is 4.22. The zero-order valence-corrected chi connectivity index (χ0v) is 15.6. The third-order valence-electron chi connectivity index (χ3n) is 4.30. The van der Waals surface area contributed by atoms with Crippen molar-refractivity contribution in [1.29, 1.82) is 0 Å². The smallest absolute Gasteiger partial charge is 0.321 e. The summed E-state index contributed by atoms with van der Waals surface area (Å²) in [6, 6.07) is 11.4. The van der Waals surface area contributed by atoms with Crippen LogP contribution in [0.3, 0.4) is 0 Å². The van der Waals surface area contributed by atoms with Gasteiger partial charge in [-0.25, -0.2) is 17.6 Å². The zero-order chi connectivity index (χ0) is 19.4. The van der Waals surface area contributed by atoms with Gasteiger partial charge in [0.25, 0.3) is 0 Å². The number of nitrogens with one attached hydrogen (secondary N) is 1. The summed E-state index contributed by atoms with van der Waals surface area (Å²) in [5, 5.41) is 2.62. The first kappa shape index (κ1) is 19.1. The number of hydrogen-bond donors (Lipinski definition) is 1. The highest BCUT2D eigenvalue weighted by Gasteiger charge is 2.30. The number of halogens is 1. The zero-order valence-electron chi connectivity index (χ0n) is 14.8. The maximum absolute atomic E-state index is 13.2. The van der Waals surface area contributed by atoms with Gasteiger partial charge in [0.1, 0.15) is 11.6 Å². The topological polar surface area (TPSA) is 79.0 Å². The molecule has 1 heterocycles. The molecule has 0 atom stereocenters. The largest absolute Gasteiger partial charge is 0.497 e. The van der Waals surface area contributed by atoms with Crippen LogP contribution < -0.4 is 10.1 Å². The molecule has 1 fully saturated rings. The lowest BCUT2D eigenvalue weighted by Gasteiger charge is -2.34. The van der Waals surface area contributed by atoms with Crippen molar-refractivity contribution < 1.29 is 22.3 Å². The van der Waals surface area contributed by atoms with Crippen LogP contribution in [0.4, 0.5) is 14.9 Å². The van der Waals surface area contributed by atoms with Crippen LogP contribution >= 0.6 is 0 Å². The van der Waals surface area contributed by atoms with Crippen LogP contribution in [0.25, 0.3) is 0 Å². The molecule has 2 aromatic carbocycles. The van der Waals surface area contributed by atoms with Crippen LogP contribution in [0.2, 0.25) is 0 Å². The van der Waals surface area contributed by atoms with E-state index in [0.29, 0.717) is 11.4 Å². The van der Waals surface area contributed by atoms with E-state index >= 15 is 0 Å². The van der Waals surface area contributed by atoms with Crippen molar-refractivity contribution in [3.8, 4) is 5.75 Å². The fourth-order valence-electron chi connectivity index (χ4n) is 2.80. The number of carbonyl (C=O) groups is 1. The number of anilines is 1. The van der Waals surface area contributed by atoms with Gasteiger partial charge < -0.3 is 15.0 Å². The summed E-state index contributed by atoms with van der Waals surface area (Å²) in [5.41, 5.74) is 0.355. The van der Waals surface area contributed by atoms with Crippen molar-refractivity contribution in [2.75, 3.05) is 38.6 Å².